The van der Waals surface area contributed by atoms with Gasteiger partial charge in [0.05, 0.1) is 12.2 Å². The Morgan fingerprint density at radius 1 is 0.893 bits per heavy atom. The second-order valence-electron chi connectivity index (χ2n) is 22.3. The summed E-state index contributed by atoms with van der Waals surface area (Å²) in [6, 6.07) is 0. The van der Waals surface area contributed by atoms with Crippen molar-refractivity contribution in [3.05, 3.63) is 35.5 Å². The molecule has 0 aromatic heterocycles. The van der Waals surface area contributed by atoms with E-state index in [1.54, 1.807) is 5.57 Å². The van der Waals surface area contributed by atoms with Gasteiger partial charge in [0.2, 0.25) is 0 Å². The third-order valence-electron chi connectivity index (χ3n) is 16.2. The van der Waals surface area contributed by atoms with Gasteiger partial charge in [-0.2, -0.15) is 0 Å². The van der Waals surface area contributed by atoms with Crippen LogP contribution in [-0.4, -0.2) is 46.7 Å². The van der Waals surface area contributed by atoms with Gasteiger partial charge in [-0.25, -0.2) is 0 Å². The molecule has 4 fully saturated rings. The molecule has 56 heavy (non-hydrogen) atoms. The summed E-state index contributed by atoms with van der Waals surface area (Å²) in [7, 11) is -4.03. The summed E-state index contributed by atoms with van der Waals surface area (Å²) in [5, 5.41) is 0.254. The van der Waals surface area contributed by atoms with Crippen LogP contribution in [0.2, 0.25) is 36.3 Å². The number of unbranched alkanes of at least 4 members (excludes halogenated alkanes) is 5. The van der Waals surface area contributed by atoms with Crippen LogP contribution in [0.5, 0.6) is 0 Å². The van der Waals surface area contributed by atoms with E-state index in [2.05, 4.69) is 101 Å². The number of rotatable bonds is 18. The molecule has 7 heteroatoms. The van der Waals surface area contributed by atoms with Crippen LogP contribution >= 0.6 is 0 Å². The quantitative estimate of drug-likeness (QED) is 0.0784. The van der Waals surface area contributed by atoms with Gasteiger partial charge in [0.25, 0.3) is 0 Å². The van der Waals surface area contributed by atoms with E-state index in [1.165, 1.54) is 57.4 Å². The van der Waals surface area contributed by atoms with Crippen LogP contribution in [0.1, 0.15) is 178 Å². The van der Waals surface area contributed by atoms with Crippen molar-refractivity contribution >= 4 is 28.4 Å². The Labute approximate surface area is 347 Å². The molecule has 0 spiro atoms. The molecule has 0 bridgehead atoms. The number of Topliss-reactive ketones (excluding diaryl/α,β-unsaturated/α-hetero) is 1. The molecule has 0 heterocycles. The molecule has 4 aliphatic carbocycles. The highest BCUT2D eigenvalue weighted by Gasteiger charge is 2.54. The molecule has 5 nitrogen and oxygen atoms in total. The van der Waals surface area contributed by atoms with Gasteiger partial charge in [0, 0.05) is 25.2 Å². The highest BCUT2D eigenvalue weighted by molar-refractivity contribution is 6.74. The summed E-state index contributed by atoms with van der Waals surface area (Å²) < 4.78 is 20.3. The van der Waals surface area contributed by atoms with E-state index in [0.29, 0.717) is 24.0 Å². The number of hydrogen-bond acceptors (Lipinski definition) is 5. The summed E-state index contributed by atoms with van der Waals surface area (Å²) in [6.07, 6.45) is 23.0. The van der Waals surface area contributed by atoms with Crippen LogP contribution in [0, 0.1) is 28.6 Å². The molecule has 4 aliphatic rings. The Balaban J connectivity index is 1.53. The lowest BCUT2D eigenvalue weighted by atomic mass is 9.60. The topological polar surface area (TPSA) is 61.8 Å². The third kappa shape index (κ3) is 11.3. The number of ketones is 1. The van der Waals surface area contributed by atoms with Gasteiger partial charge in [0.15, 0.2) is 16.6 Å². The van der Waals surface area contributed by atoms with Gasteiger partial charge in [-0.3, -0.25) is 9.59 Å². The van der Waals surface area contributed by atoms with E-state index in [9.17, 15) is 9.59 Å². The molecule has 1 unspecified atom stereocenters. The zero-order chi connectivity index (χ0) is 41.9. The fourth-order valence-electron chi connectivity index (χ4n) is 10.2. The zero-order valence-electron chi connectivity index (χ0n) is 38.9. The second-order valence-corrected chi connectivity index (χ2v) is 31.8. The number of allylic oxidation sites excluding steroid dienone is 3. The summed E-state index contributed by atoms with van der Waals surface area (Å²) in [5.41, 5.74) is 3.93. The van der Waals surface area contributed by atoms with Crippen molar-refractivity contribution in [3.63, 3.8) is 0 Å². The molecule has 7 atom stereocenters. The Kier molecular flexibility index (Phi) is 15.7. The molecule has 0 N–H and O–H groups in total. The van der Waals surface area contributed by atoms with E-state index in [1.807, 2.05) is 0 Å². The lowest BCUT2D eigenvalue weighted by Crippen LogP contribution is -2.49. The van der Waals surface area contributed by atoms with Gasteiger partial charge in [-0.15, -0.1) is 0 Å². The third-order valence-corrected chi connectivity index (χ3v) is 25.2. The Morgan fingerprint density at radius 3 is 2.09 bits per heavy atom. The summed E-state index contributed by atoms with van der Waals surface area (Å²) >= 11 is 0. The van der Waals surface area contributed by atoms with Crippen molar-refractivity contribution in [2.24, 2.45) is 28.6 Å². The molecule has 0 saturated heterocycles. The smallest absolute Gasteiger partial charge is 0.302 e. The van der Waals surface area contributed by atoms with Crippen LogP contribution in [-0.2, 0) is 23.2 Å². The van der Waals surface area contributed by atoms with E-state index in [4.69, 9.17) is 20.2 Å². The Bertz CT molecular complexity index is 1440. The summed E-state index contributed by atoms with van der Waals surface area (Å²) in [4.78, 5) is 26.5. The van der Waals surface area contributed by atoms with Crippen LogP contribution in [0.25, 0.3) is 0 Å². The molecular formula is C49H86O5Si2. The maximum Gasteiger partial charge on any atom is 0.302 e. The first-order valence-corrected chi connectivity index (χ1v) is 28.8. The van der Waals surface area contributed by atoms with Crippen molar-refractivity contribution in [1.29, 1.82) is 0 Å². The van der Waals surface area contributed by atoms with Crippen molar-refractivity contribution < 1.29 is 23.2 Å². The first-order chi connectivity index (χ1) is 25.9. The predicted octanol–water partition coefficient (Wildman–Crippen LogP) is 14.2. The van der Waals surface area contributed by atoms with Crippen molar-refractivity contribution in [1.82, 2.24) is 0 Å². The normalized spacial score (nSPS) is 29.6. The van der Waals surface area contributed by atoms with E-state index < -0.39 is 16.6 Å². The van der Waals surface area contributed by atoms with Crippen LogP contribution in [0.3, 0.4) is 0 Å². The largest absolute Gasteiger partial charge is 0.462 e. The van der Waals surface area contributed by atoms with Gasteiger partial charge >= 0.3 is 5.97 Å². The second kappa shape index (κ2) is 18.5. The number of hydrogen-bond donors (Lipinski definition) is 0. The van der Waals surface area contributed by atoms with Gasteiger partial charge in [-0.1, -0.05) is 125 Å². The number of fused-ring (bicyclic) bond motifs is 1. The number of esters is 1. The SMILES string of the molecule is C=C1/C(=C\C=C2/CCC[C@]3(C)[C@@H]([C@H](C)C(CC(=O)C4(CCCCCCCC)CC4)OC(C)=O)CC[C@@H]23)C[C@@H](O[Si](C)(C)C(C)(C)C)C[C@@H]1O[Si](C)(C)C(C)(C)C. The Hall–Kier alpha value is -1.29. The highest BCUT2D eigenvalue weighted by atomic mass is 28.4. The first kappa shape index (κ1) is 47.4. The lowest BCUT2D eigenvalue weighted by Gasteiger charge is -2.46. The van der Waals surface area contributed by atoms with Gasteiger partial charge in [-0.05, 0) is 128 Å². The van der Waals surface area contributed by atoms with Crippen LogP contribution in [0.4, 0.5) is 0 Å². The summed E-state index contributed by atoms with van der Waals surface area (Å²) in [5.74, 6) is 1.13. The predicted molar refractivity (Wildman–Crippen MR) is 241 cm³/mol. The maximum atomic E-state index is 14.0. The molecule has 0 amide bonds. The molecule has 0 aromatic carbocycles. The fourth-order valence-corrected chi connectivity index (χ4v) is 12.8. The van der Waals surface area contributed by atoms with Crippen molar-refractivity contribution in [2.45, 2.75) is 233 Å². The minimum atomic E-state index is -2.04. The zero-order valence-corrected chi connectivity index (χ0v) is 40.9. The molecular weight excluding hydrogens is 725 g/mol. The molecule has 4 saturated carbocycles. The Morgan fingerprint density at radius 2 is 1.50 bits per heavy atom. The standard InChI is InChI=1S/C49H86O5Si2/c1-16-17-18-19-20-21-29-49(30-31-49)45(51)34-43(52-37(4)50)36(3)41-26-27-42-38(23-22-28-48(41,42)11)24-25-39-32-40(53-55(12,13)46(5,6)7)33-44(35(39)2)54-56(14,15)47(8,9)10/h24-25,36,40-44H,2,16-23,26-34H2,1,3-15H3/b38-24+,39-25-/t36-,40+,41+,42-,43?,44-,48+/m0/s1. The lowest BCUT2D eigenvalue weighted by molar-refractivity contribution is -0.153. The van der Waals surface area contributed by atoms with E-state index in [0.717, 1.165) is 63.4 Å². The average Bonchev–Trinajstić information content (AvgIpc) is 3.78. The first-order valence-electron chi connectivity index (χ1n) is 23.0. The minimum absolute atomic E-state index is 0.0288. The highest BCUT2D eigenvalue weighted by Crippen LogP contribution is 2.60. The summed E-state index contributed by atoms with van der Waals surface area (Å²) in [6.45, 7) is 36.7. The number of ether oxygens (including phenoxy) is 1. The van der Waals surface area contributed by atoms with Crippen LogP contribution in [0.15, 0.2) is 35.5 Å². The average molecular weight is 811 g/mol. The molecule has 0 radical (unpaired) electrons. The molecule has 4 rings (SSSR count). The van der Waals surface area contributed by atoms with Crippen molar-refractivity contribution in [2.75, 3.05) is 0 Å². The maximum absolute atomic E-state index is 14.0. The van der Waals surface area contributed by atoms with E-state index in [-0.39, 0.29) is 51.1 Å². The van der Waals surface area contributed by atoms with Gasteiger partial charge in [0.1, 0.15) is 11.9 Å². The fraction of sp³-hybridized carbons (Fsp3) is 0.837. The molecule has 0 aliphatic heterocycles. The van der Waals surface area contributed by atoms with E-state index >= 15 is 0 Å². The number of carbonyl (C=O) groups excluding carboxylic acids is 2. The monoisotopic (exact) mass is 811 g/mol. The van der Waals surface area contributed by atoms with Gasteiger partial charge < -0.3 is 13.6 Å². The molecule has 0 aromatic rings. The van der Waals surface area contributed by atoms with Crippen molar-refractivity contribution in [3.8, 4) is 0 Å². The minimum Gasteiger partial charge on any atom is -0.462 e. The molecule has 320 valence electrons. The van der Waals surface area contributed by atoms with Crippen LogP contribution < -0.4 is 0 Å². The number of carbonyl (C=O) groups is 2.